The largest absolute Gasteiger partial charge is 0.491 e. The van der Waals surface area contributed by atoms with Crippen LogP contribution in [0, 0.1) is 0 Å². The summed E-state index contributed by atoms with van der Waals surface area (Å²) in [4.78, 5) is 11.3. The molecule has 0 spiro atoms. The van der Waals surface area contributed by atoms with Crippen molar-refractivity contribution in [2.24, 2.45) is 0 Å². The number of carbonyl (C=O) groups is 1. The molecule has 1 unspecified atom stereocenters. The molecule has 2 N–H and O–H groups in total. The van der Waals surface area contributed by atoms with E-state index in [0.717, 1.165) is 17.9 Å². The Morgan fingerprint density at radius 2 is 2.00 bits per heavy atom. The van der Waals surface area contributed by atoms with Gasteiger partial charge in [-0.3, -0.25) is 4.79 Å². The lowest BCUT2D eigenvalue weighted by atomic mass is 10.3. The quantitative estimate of drug-likeness (QED) is 0.794. The van der Waals surface area contributed by atoms with Crippen molar-refractivity contribution in [3.63, 3.8) is 0 Å². The molecule has 94 valence electrons. The fourth-order valence-corrected chi connectivity index (χ4v) is 1.30. The van der Waals surface area contributed by atoms with Gasteiger partial charge in [0.2, 0.25) is 5.91 Å². The summed E-state index contributed by atoms with van der Waals surface area (Å²) in [5.41, 5.74) is 0.779. The molecule has 4 heteroatoms. The molecule has 0 aromatic heterocycles. The maximum atomic E-state index is 11.3. The molecule has 0 aliphatic heterocycles. The predicted octanol–water partition coefficient (Wildman–Crippen LogP) is 2.02. The number of carbonyl (C=O) groups excluding carboxylic acids is 1. The van der Waals surface area contributed by atoms with Crippen molar-refractivity contribution >= 4 is 11.6 Å². The first-order chi connectivity index (χ1) is 8.15. The van der Waals surface area contributed by atoms with Gasteiger partial charge in [0.1, 0.15) is 5.75 Å². The minimum atomic E-state index is -0.0527. The number of anilines is 1. The molecule has 0 radical (unpaired) electrons. The van der Waals surface area contributed by atoms with Gasteiger partial charge in [0.15, 0.2) is 0 Å². The summed E-state index contributed by atoms with van der Waals surface area (Å²) in [6, 6.07) is 7.40. The van der Waals surface area contributed by atoms with Crippen LogP contribution in [0.15, 0.2) is 24.3 Å². The first-order valence-corrected chi connectivity index (χ1v) is 5.87. The van der Waals surface area contributed by atoms with Crippen molar-refractivity contribution < 1.29 is 9.53 Å². The van der Waals surface area contributed by atoms with Crippen molar-refractivity contribution in [2.45, 2.75) is 26.4 Å². The molecule has 1 amide bonds. The molecule has 1 atom stereocenters. The van der Waals surface area contributed by atoms with E-state index in [2.05, 4.69) is 17.6 Å². The molecule has 4 nitrogen and oxygen atoms in total. The monoisotopic (exact) mass is 236 g/mol. The van der Waals surface area contributed by atoms with Gasteiger partial charge in [0.05, 0.1) is 12.6 Å². The van der Waals surface area contributed by atoms with E-state index < -0.39 is 0 Å². The topological polar surface area (TPSA) is 50.4 Å². The second kappa shape index (κ2) is 6.91. The van der Waals surface area contributed by atoms with Crippen LogP contribution in [0.25, 0.3) is 0 Å². The Bertz CT molecular complexity index is 349. The number of hydrogen-bond acceptors (Lipinski definition) is 3. The number of rotatable bonds is 6. The van der Waals surface area contributed by atoms with Gasteiger partial charge in [-0.2, -0.15) is 0 Å². The zero-order valence-corrected chi connectivity index (χ0v) is 10.6. The van der Waals surface area contributed by atoms with E-state index in [-0.39, 0.29) is 12.0 Å². The molecule has 0 bridgehead atoms. The minimum absolute atomic E-state index is 0.0527. The number of nitrogens with one attached hydrogen (secondary N) is 2. The molecule has 0 saturated heterocycles. The average Bonchev–Trinajstić information content (AvgIpc) is 2.32. The lowest BCUT2D eigenvalue weighted by Crippen LogP contribution is -2.24. The molecular formula is C13H20N2O2. The third-order valence-electron chi connectivity index (χ3n) is 2.39. The number of likely N-dealkylation sites (N-methyl/N-ethyl adjacent to an activating group) is 1. The smallest absolute Gasteiger partial charge is 0.238 e. The Hall–Kier alpha value is -1.55. The lowest BCUT2D eigenvalue weighted by molar-refractivity contribution is -0.115. The van der Waals surface area contributed by atoms with Gasteiger partial charge in [-0.15, -0.1) is 0 Å². The molecule has 0 aliphatic carbocycles. The summed E-state index contributed by atoms with van der Waals surface area (Å²) >= 11 is 0. The van der Waals surface area contributed by atoms with Gasteiger partial charge in [0, 0.05) is 5.69 Å². The Labute approximate surface area is 102 Å². The Kier molecular flexibility index (Phi) is 5.49. The maximum absolute atomic E-state index is 11.3. The van der Waals surface area contributed by atoms with E-state index in [1.54, 1.807) is 7.05 Å². The first-order valence-electron chi connectivity index (χ1n) is 5.87. The van der Waals surface area contributed by atoms with Crippen LogP contribution in [-0.4, -0.2) is 25.6 Å². The molecule has 0 saturated carbocycles. The Morgan fingerprint density at radius 3 is 2.53 bits per heavy atom. The van der Waals surface area contributed by atoms with Crippen LogP contribution in [0.4, 0.5) is 5.69 Å². The van der Waals surface area contributed by atoms with Gasteiger partial charge in [0.25, 0.3) is 0 Å². The van der Waals surface area contributed by atoms with E-state index in [9.17, 15) is 4.79 Å². The van der Waals surface area contributed by atoms with Crippen LogP contribution in [0.3, 0.4) is 0 Å². The van der Waals surface area contributed by atoms with Crippen LogP contribution in [-0.2, 0) is 4.79 Å². The van der Waals surface area contributed by atoms with E-state index in [0.29, 0.717) is 6.54 Å². The number of hydrogen-bond donors (Lipinski definition) is 2. The van der Waals surface area contributed by atoms with Crippen molar-refractivity contribution in [1.29, 1.82) is 0 Å². The van der Waals surface area contributed by atoms with E-state index in [1.807, 2.05) is 31.2 Å². The summed E-state index contributed by atoms with van der Waals surface area (Å²) in [7, 11) is 1.74. The molecular weight excluding hydrogens is 216 g/mol. The average molecular weight is 236 g/mol. The van der Waals surface area contributed by atoms with Gasteiger partial charge in [-0.05, 0) is 44.7 Å². The lowest BCUT2D eigenvalue weighted by Gasteiger charge is -2.13. The zero-order valence-electron chi connectivity index (χ0n) is 10.6. The summed E-state index contributed by atoms with van der Waals surface area (Å²) in [5.74, 6) is 0.772. The predicted molar refractivity (Wildman–Crippen MR) is 69.4 cm³/mol. The normalized spacial score (nSPS) is 11.9. The molecule has 0 fully saturated rings. The van der Waals surface area contributed by atoms with Crippen molar-refractivity contribution in [1.82, 2.24) is 5.32 Å². The van der Waals surface area contributed by atoms with E-state index in [4.69, 9.17) is 4.74 Å². The summed E-state index contributed by atoms with van der Waals surface area (Å²) in [5, 5.41) is 5.58. The van der Waals surface area contributed by atoms with Crippen molar-refractivity contribution in [3.05, 3.63) is 24.3 Å². The highest BCUT2D eigenvalue weighted by Gasteiger charge is 2.03. The number of benzene rings is 1. The second-order valence-corrected chi connectivity index (χ2v) is 3.94. The standard InChI is InChI=1S/C13H20N2O2/c1-4-10(2)17-12-7-5-11(6-8-12)15-13(16)9-14-3/h5-8,10,14H,4,9H2,1-3H3,(H,15,16). The highest BCUT2D eigenvalue weighted by molar-refractivity contribution is 5.92. The fourth-order valence-electron chi connectivity index (χ4n) is 1.30. The molecule has 1 rings (SSSR count). The second-order valence-electron chi connectivity index (χ2n) is 3.94. The third-order valence-corrected chi connectivity index (χ3v) is 2.39. The van der Waals surface area contributed by atoms with Gasteiger partial charge in [-0.25, -0.2) is 0 Å². The van der Waals surface area contributed by atoms with Gasteiger partial charge >= 0.3 is 0 Å². The third kappa shape index (κ3) is 4.87. The molecule has 17 heavy (non-hydrogen) atoms. The number of ether oxygens (including phenoxy) is 1. The fraction of sp³-hybridized carbons (Fsp3) is 0.462. The summed E-state index contributed by atoms with van der Waals surface area (Å²) in [6.07, 6.45) is 1.18. The minimum Gasteiger partial charge on any atom is -0.491 e. The highest BCUT2D eigenvalue weighted by Crippen LogP contribution is 2.17. The van der Waals surface area contributed by atoms with Crippen LogP contribution >= 0.6 is 0 Å². The van der Waals surface area contributed by atoms with Crippen LogP contribution in [0.2, 0.25) is 0 Å². The van der Waals surface area contributed by atoms with E-state index >= 15 is 0 Å². The highest BCUT2D eigenvalue weighted by atomic mass is 16.5. The van der Waals surface area contributed by atoms with Crippen molar-refractivity contribution in [3.8, 4) is 5.75 Å². The van der Waals surface area contributed by atoms with Gasteiger partial charge < -0.3 is 15.4 Å². The Balaban J connectivity index is 2.52. The zero-order chi connectivity index (χ0) is 12.7. The first kappa shape index (κ1) is 13.5. The number of amides is 1. The summed E-state index contributed by atoms with van der Waals surface area (Å²) < 4.78 is 5.65. The summed E-state index contributed by atoms with van der Waals surface area (Å²) in [6.45, 7) is 4.42. The SMILES string of the molecule is CCC(C)Oc1ccc(NC(=O)CNC)cc1. The molecule has 0 aliphatic rings. The molecule has 0 heterocycles. The maximum Gasteiger partial charge on any atom is 0.238 e. The molecule has 1 aromatic carbocycles. The van der Waals surface area contributed by atoms with Gasteiger partial charge in [-0.1, -0.05) is 6.92 Å². The van der Waals surface area contributed by atoms with Crippen LogP contribution in [0.5, 0.6) is 5.75 Å². The van der Waals surface area contributed by atoms with Crippen LogP contribution < -0.4 is 15.4 Å². The Morgan fingerprint density at radius 1 is 1.35 bits per heavy atom. The van der Waals surface area contributed by atoms with E-state index in [1.165, 1.54) is 0 Å². The van der Waals surface area contributed by atoms with Crippen LogP contribution in [0.1, 0.15) is 20.3 Å². The van der Waals surface area contributed by atoms with Crippen molar-refractivity contribution in [2.75, 3.05) is 18.9 Å². The molecule has 1 aromatic rings.